The van der Waals surface area contributed by atoms with Gasteiger partial charge in [0, 0.05) is 18.6 Å². The third-order valence-corrected chi connectivity index (χ3v) is 4.52. The van der Waals surface area contributed by atoms with Crippen molar-refractivity contribution < 1.29 is 9.47 Å². The van der Waals surface area contributed by atoms with Gasteiger partial charge in [-0.05, 0) is 43.0 Å². The van der Waals surface area contributed by atoms with Gasteiger partial charge >= 0.3 is 0 Å². The molecule has 0 saturated carbocycles. The van der Waals surface area contributed by atoms with Crippen LogP contribution in [0.5, 0.6) is 11.5 Å². The quantitative estimate of drug-likeness (QED) is 0.918. The van der Waals surface area contributed by atoms with Crippen molar-refractivity contribution in [2.24, 2.45) is 11.7 Å². The standard InChI is InChI=1S/C16H24N2O2/c1-11(2)13-4-3-7-18(13)14(9-17)12-5-6-15-16(8-12)20-10-19-15/h5-6,8,11,13-14H,3-4,7,9-10,17H2,1-2H3. The Morgan fingerprint density at radius 1 is 1.30 bits per heavy atom. The van der Waals surface area contributed by atoms with Gasteiger partial charge < -0.3 is 15.2 Å². The molecule has 0 aliphatic carbocycles. The van der Waals surface area contributed by atoms with Gasteiger partial charge in [0.2, 0.25) is 6.79 Å². The van der Waals surface area contributed by atoms with Crippen LogP contribution >= 0.6 is 0 Å². The molecule has 1 aromatic carbocycles. The molecule has 4 nitrogen and oxygen atoms in total. The van der Waals surface area contributed by atoms with Crippen molar-refractivity contribution in [2.75, 3.05) is 19.9 Å². The van der Waals surface area contributed by atoms with Crippen LogP contribution in [0.25, 0.3) is 0 Å². The summed E-state index contributed by atoms with van der Waals surface area (Å²) in [7, 11) is 0. The first-order valence-electron chi connectivity index (χ1n) is 7.56. The van der Waals surface area contributed by atoms with E-state index >= 15 is 0 Å². The van der Waals surface area contributed by atoms with Gasteiger partial charge in [0.1, 0.15) is 0 Å². The maximum atomic E-state index is 6.08. The number of nitrogens with zero attached hydrogens (tertiary/aromatic N) is 1. The number of fused-ring (bicyclic) bond motifs is 1. The molecule has 2 N–H and O–H groups in total. The van der Waals surface area contributed by atoms with Gasteiger partial charge in [0.25, 0.3) is 0 Å². The monoisotopic (exact) mass is 276 g/mol. The zero-order valence-corrected chi connectivity index (χ0v) is 12.3. The van der Waals surface area contributed by atoms with Crippen molar-refractivity contribution in [3.63, 3.8) is 0 Å². The highest BCUT2D eigenvalue weighted by Crippen LogP contribution is 2.38. The minimum atomic E-state index is 0.277. The van der Waals surface area contributed by atoms with Gasteiger partial charge in [-0.15, -0.1) is 0 Å². The maximum Gasteiger partial charge on any atom is 0.231 e. The molecule has 110 valence electrons. The van der Waals surface area contributed by atoms with Crippen LogP contribution in [0.1, 0.15) is 38.3 Å². The second-order valence-corrected chi connectivity index (χ2v) is 6.06. The topological polar surface area (TPSA) is 47.7 Å². The maximum absolute atomic E-state index is 6.08. The van der Waals surface area contributed by atoms with E-state index in [0.717, 1.165) is 18.0 Å². The predicted molar refractivity (Wildman–Crippen MR) is 78.9 cm³/mol. The molecule has 0 spiro atoms. The summed E-state index contributed by atoms with van der Waals surface area (Å²) in [6.45, 7) is 6.71. The summed E-state index contributed by atoms with van der Waals surface area (Å²) >= 11 is 0. The van der Waals surface area contributed by atoms with Crippen molar-refractivity contribution in [1.82, 2.24) is 4.90 Å². The molecule has 2 atom stereocenters. The zero-order valence-electron chi connectivity index (χ0n) is 12.3. The van der Waals surface area contributed by atoms with Crippen molar-refractivity contribution in [3.8, 4) is 11.5 Å². The molecule has 2 aliphatic heterocycles. The number of rotatable bonds is 4. The van der Waals surface area contributed by atoms with E-state index in [1.54, 1.807) is 0 Å². The van der Waals surface area contributed by atoms with Crippen molar-refractivity contribution in [2.45, 2.75) is 38.8 Å². The Labute approximate surface area is 120 Å². The van der Waals surface area contributed by atoms with Crippen molar-refractivity contribution in [1.29, 1.82) is 0 Å². The SMILES string of the molecule is CC(C)C1CCCN1C(CN)c1ccc2c(c1)OCO2. The fraction of sp³-hybridized carbons (Fsp3) is 0.625. The average molecular weight is 276 g/mol. The van der Waals surface area contributed by atoms with E-state index in [-0.39, 0.29) is 6.04 Å². The summed E-state index contributed by atoms with van der Waals surface area (Å²) in [5, 5.41) is 0. The Kier molecular flexibility index (Phi) is 3.85. The lowest BCUT2D eigenvalue weighted by atomic mass is 9.98. The summed E-state index contributed by atoms with van der Waals surface area (Å²) in [4.78, 5) is 2.57. The lowest BCUT2D eigenvalue weighted by molar-refractivity contribution is 0.149. The van der Waals surface area contributed by atoms with Gasteiger partial charge in [-0.25, -0.2) is 0 Å². The van der Waals surface area contributed by atoms with Crippen LogP contribution in [0.3, 0.4) is 0 Å². The summed E-state index contributed by atoms with van der Waals surface area (Å²) < 4.78 is 10.9. The van der Waals surface area contributed by atoms with Gasteiger partial charge in [-0.2, -0.15) is 0 Å². The van der Waals surface area contributed by atoms with Gasteiger partial charge in [0.05, 0.1) is 0 Å². The van der Waals surface area contributed by atoms with Gasteiger partial charge in [-0.1, -0.05) is 19.9 Å². The Morgan fingerprint density at radius 2 is 2.10 bits per heavy atom. The molecule has 1 aromatic rings. The molecule has 2 unspecified atom stereocenters. The Hall–Kier alpha value is -1.26. The fourth-order valence-corrected chi connectivity index (χ4v) is 3.50. The molecule has 3 rings (SSSR count). The highest BCUT2D eigenvalue weighted by molar-refractivity contribution is 5.45. The molecule has 2 heterocycles. The van der Waals surface area contributed by atoms with Crippen LogP contribution in [0.4, 0.5) is 0 Å². The first-order chi connectivity index (χ1) is 9.70. The molecule has 1 fully saturated rings. The molecule has 0 radical (unpaired) electrons. The summed E-state index contributed by atoms with van der Waals surface area (Å²) in [5.74, 6) is 2.35. The lowest BCUT2D eigenvalue weighted by Gasteiger charge is -2.34. The molecule has 20 heavy (non-hydrogen) atoms. The van der Waals surface area contributed by atoms with E-state index in [2.05, 4.69) is 30.9 Å². The summed E-state index contributed by atoms with van der Waals surface area (Å²) in [6.07, 6.45) is 2.54. The predicted octanol–water partition coefficient (Wildman–Crippen LogP) is 2.54. The van der Waals surface area contributed by atoms with Crippen molar-refractivity contribution >= 4 is 0 Å². The lowest BCUT2D eigenvalue weighted by Crippen LogP contribution is -2.39. The Balaban J connectivity index is 1.86. The highest BCUT2D eigenvalue weighted by atomic mass is 16.7. The molecule has 0 bridgehead atoms. The van der Waals surface area contributed by atoms with Crippen LogP contribution in [0.15, 0.2) is 18.2 Å². The molecule has 0 amide bonds. The second kappa shape index (κ2) is 5.62. The largest absolute Gasteiger partial charge is 0.454 e. The van der Waals surface area contributed by atoms with E-state index in [1.165, 1.54) is 18.4 Å². The molecular formula is C16H24N2O2. The number of hydrogen-bond donors (Lipinski definition) is 1. The van der Waals surface area contributed by atoms with Crippen LogP contribution in [0.2, 0.25) is 0 Å². The van der Waals surface area contributed by atoms with E-state index in [4.69, 9.17) is 15.2 Å². The number of benzene rings is 1. The molecule has 4 heteroatoms. The van der Waals surface area contributed by atoms with E-state index in [1.807, 2.05) is 6.07 Å². The number of hydrogen-bond acceptors (Lipinski definition) is 4. The minimum Gasteiger partial charge on any atom is -0.454 e. The molecule has 2 aliphatic rings. The summed E-state index contributed by atoms with van der Waals surface area (Å²) in [5.41, 5.74) is 7.32. The third kappa shape index (κ3) is 2.38. The van der Waals surface area contributed by atoms with E-state index < -0.39 is 0 Å². The van der Waals surface area contributed by atoms with Gasteiger partial charge in [-0.3, -0.25) is 4.90 Å². The zero-order chi connectivity index (χ0) is 14.1. The molecule has 1 saturated heterocycles. The Bertz CT molecular complexity index is 476. The fourth-order valence-electron chi connectivity index (χ4n) is 3.50. The highest BCUT2D eigenvalue weighted by Gasteiger charge is 2.33. The molecule has 0 aromatic heterocycles. The minimum absolute atomic E-state index is 0.277. The smallest absolute Gasteiger partial charge is 0.231 e. The van der Waals surface area contributed by atoms with E-state index in [0.29, 0.717) is 25.3 Å². The normalized spacial score (nSPS) is 23.5. The number of ether oxygens (including phenoxy) is 2. The number of nitrogens with two attached hydrogens (primary N) is 1. The van der Waals surface area contributed by atoms with E-state index in [9.17, 15) is 0 Å². The second-order valence-electron chi connectivity index (χ2n) is 6.06. The first kappa shape index (κ1) is 13.7. The van der Waals surface area contributed by atoms with Crippen LogP contribution < -0.4 is 15.2 Å². The van der Waals surface area contributed by atoms with Crippen LogP contribution in [-0.2, 0) is 0 Å². The van der Waals surface area contributed by atoms with Crippen LogP contribution in [-0.4, -0.2) is 30.8 Å². The summed E-state index contributed by atoms with van der Waals surface area (Å²) in [6, 6.07) is 7.13. The van der Waals surface area contributed by atoms with Crippen molar-refractivity contribution in [3.05, 3.63) is 23.8 Å². The first-order valence-corrected chi connectivity index (χ1v) is 7.56. The van der Waals surface area contributed by atoms with Crippen LogP contribution in [0, 0.1) is 5.92 Å². The third-order valence-electron chi connectivity index (χ3n) is 4.52. The Morgan fingerprint density at radius 3 is 2.85 bits per heavy atom. The number of likely N-dealkylation sites (tertiary alicyclic amines) is 1. The average Bonchev–Trinajstić information content (AvgIpc) is 3.07. The molecular weight excluding hydrogens is 252 g/mol. The van der Waals surface area contributed by atoms with Gasteiger partial charge in [0.15, 0.2) is 11.5 Å².